The number of halogens is 1. The van der Waals surface area contributed by atoms with Gasteiger partial charge in [-0.15, -0.1) is 11.3 Å². The van der Waals surface area contributed by atoms with Gasteiger partial charge in [-0.25, -0.2) is 4.57 Å². The molecule has 0 radical (unpaired) electrons. The Morgan fingerprint density at radius 1 is 1.29 bits per heavy atom. The quantitative estimate of drug-likeness (QED) is 0.530. The fourth-order valence-corrected chi connectivity index (χ4v) is 4.06. The number of aromatic nitrogens is 4. The molecule has 9 heteroatoms. The minimum Gasteiger partial charge on any atom is -0.323 e. The number of nitrogens with zero attached hydrogens (tertiary/aromatic N) is 3. The average molecular weight is 353 g/mol. The summed E-state index contributed by atoms with van der Waals surface area (Å²) in [6, 6.07) is 5.22. The highest BCUT2D eigenvalue weighted by Crippen LogP contribution is 2.28. The van der Waals surface area contributed by atoms with Gasteiger partial charge in [0.1, 0.15) is 15.9 Å². The number of fused-ring (bicyclic) bond motifs is 2. The monoisotopic (exact) mass is 352 g/mol. The van der Waals surface area contributed by atoms with Crippen molar-refractivity contribution in [2.45, 2.75) is 0 Å². The summed E-state index contributed by atoms with van der Waals surface area (Å²) in [6.45, 7) is 0. The first-order chi connectivity index (χ1) is 10.2. The van der Waals surface area contributed by atoms with Crippen LogP contribution in [0.4, 0.5) is 0 Å². The molecule has 4 rings (SSSR count). The number of hydrogen-bond acceptors (Lipinski definition) is 6. The van der Waals surface area contributed by atoms with Crippen LogP contribution in [0.5, 0.6) is 0 Å². The molecule has 104 valence electrons. The van der Waals surface area contributed by atoms with Crippen LogP contribution in [-0.2, 0) is 0 Å². The van der Waals surface area contributed by atoms with Gasteiger partial charge in [-0.3, -0.25) is 4.79 Å². The summed E-state index contributed by atoms with van der Waals surface area (Å²) < 4.78 is 10.1. The van der Waals surface area contributed by atoms with E-state index in [0.29, 0.717) is 27.1 Å². The van der Waals surface area contributed by atoms with E-state index in [1.165, 1.54) is 15.9 Å². The van der Waals surface area contributed by atoms with Crippen LogP contribution in [0, 0.1) is 4.77 Å². The Hall–Kier alpha value is -1.61. The molecule has 0 aliphatic heterocycles. The molecule has 0 fully saturated rings. The molecule has 0 aliphatic rings. The van der Waals surface area contributed by atoms with E-state index < -0.39 is 0 Å². The van der Waals surface area contributed by atoms with Crippen LogP contribution in [0.1, 0.15) is 0 Å². The Morgan fingerprint density at radius 2 is 2.14 bits per heavy atom. The van der Waals surface area contributed by atoms with Crippen LogP contribution in [0.3, 0.4) is 0 Å². The predicted octanol–water partition coefficient (Wildman–Crippen LogP) is 3.77. The van der Waals surface area contributed by atoms with Crippen molar-refractivity contribution in [1.82, 2.24) is 18.3 Å². The zero-order valence-corrected chi connectivity index (χ0v) is 13.4. The summed E-state index contributed by atoms with van der Waals surface area (Å²) in [6.07, 6.45) is 0. The second-order valence-corrected chi connectivity index (χ2v) is 6.50. The maximum absolute atomic E-state index is 12.7. The largest absolute Gasteiger partial charge is 0.323 e. The topological polar surface area (TPSA) is 63.6 Å². The lowest BCUT2D eigenvalue weighted by molar-refractivity contribution is 0.949. The first-order valence-corrected chi connectivity index (χ1v) is 8.20. The number of H-pyrrole nitrogens is 1. The molecule has 1 N–H and O–H groups in total. The highest BCUT2D eigenvalue weighted by atomic mass is 35.5. The molecule has 0 saturated heterocycles. The minimum absolute atomic E-state index is 0.211. The Labute approximate surface area is 135 Å². The molecular formula is C12H5ClN4OS3. The lowest BCUT2D eigenvalue weighted by Gasteiger charge is -2.08. The summed E-state index contributed by atoms with van der Waals surface area (Å²) in [5, 5.41) is 2.82. The number of aromatic amines is 1. The normalized spacial score (nSPS) is 11.5. The van der Waals surface area contributed by atoms with E-state index in [1.807, 2.05) is 5.38 Å². The second kappa shape index (κ2) is 4.70. The van der Waals surface area contributed by atoms with Crippen LogP contribution in [0.25, 0.3) is 26.9 Å². The molecule has 0 spiro atoms. The van der Waals surface area contributed by atoms with Gasteiger partial charge in [0.2, 0.25) is 0 Å². The van der Waals surface area contributed by atoms with Crippen LogP contribution in [0.15, 0.2) is 28.4 Å². The fraction of sp³-hybridized carbons (Fsp3) is 0. The van der Waals surface area contributed by atoms with Gasteiger partial charge in [-0.05, 0) is 35.8 Å². The highest BCUT2D eigenvalue weighted by molar-refractivity contribution is 7.71. The molecule has 0 bridgehead atoms. The van der Waals surface area contributed by atoms with Crippen molar-refractivity contribution in [2.24, 2.45) is 0 Å². The van der Waals surface area contributed by atoms with Gasteiger partial charge < -0.3 is 4.98 Å². The van der Waals surface area contributed by atoms with Crippen molar-refractivity contribution >= 4 is 68.1 Å². The molecule has 5 nitrogen and oxygen atoms in total. The summed E-state index contributed by atoms with van der Waals surface area (Å²) >= 11 is 14.1. The zero-order chi connectivity index (χ0) is 14.6. The van der Waals surface area contributed by atoms with E-state index in [9.17, 15) is 4.79 Å². The SMILES string of the molecule is O=c1c2ccsc2[nH]c(=S)n1-c1c(Cl)ccc2nsnc12. The van der Waals surface area contributed by atoms with Crippen molar-refractivity contribution in [3.8, 4) is 5.69 Å². The molecule has 1 aromatic carbocycles. The van der Waals surface area contributed by atoms with Gasteiger partial charge in [0.05, 0.1) is 27.8 Å². The van der Waals surface area contributed by atoms with E-state index in [0.717, 1.165) is 16.6 Å². The summed E-state index contributed by atoms with van der Waals surface area (Å²) in [5.74, 6) is 0. The Bertz CT molecular complexity index is 1110. The number of thiophene rings is 1. The van der Waals surface area contributed by atoms with Crippen molar-refractivity contribution < 1.29 is 0 Å². The first kappa shape index (κ1) is 13.1. The van der Waals surface area contributed by atoms with Crippen LogP contribution < -0.4 is 5.56 Å². The smallest absolute Gasteiger partial charge is 0.267 e. The molecule has 0 unspecified atom stereocenters. The number of rotatable bonds is 1. The summed E-state index contributed by atoms with van der Waals surface area (Å²) in [5.41, 5.74) is 1.52. The van der Waals surface area contributed by atoms with Crippen molar-refractivity contribution in [1.29, 1.82) is 0 Å². The summed E-state index contributed by atoms with van der Waals surface area (Å²) in [4.78, 5) is 16.5. The van der Waals surface area contributed by atoms with Gasteiger partial charge in [-0.1, -0.05) is 11.6 Å². The van der Waals surface area contributed by atoms with Crippen molar-refractivity contribution in [2.75, 3.05) is 0 Å². The summed E-state index contributed by atoms with van der Waals surface area (Å²) in [7, 11) is 0. The van der Waals surface area contributed by atoms with Crippen LogP contribution in [-0.4, -0.2) is 18.3 Å². The molecule has 0 atom stereocenters. The van der Waals surface area contributed by atoms with E-state index in [-0.39, 0.29) is 10.3 Å². The standard InChI is InChI=1S/C12H5ClN4OS3/c13-6-1-2-7-8(16-21-15-7)9(6)17-11(18)5-3-4-20-10(5)14-12(17)19/h1-4H,(H,14,19). The maximum atomic E-state index is 12.7. The highest BCUT2D eigenvalue weighted by Gasteiger charge is 2.16. The van der Waals surface area contributed by atoms with Crippen LogP contribution >= 0.6 is 46.9 Å². The van der Waals surface area contributed by atoms with Gasteiger partial charge >= 0.3 is 0 Å². The van der Waals surface area contributed by atoms with E-state index in [1.54, 1.807) is 18.2 Å². The second-order valence-electron chi connectivity index (χ2n) is 4.26. The lowest BCUT2D eigenvalue weighted by atomic mass is 10.2. The molecular weight excluding hydrogens is 348 g/mol. The Kier molecular flexibility index (Phi) is 2.93. The molecule has 4 aromatic rings. The minimum atomic E-state index is -0.211. The number of hydrogen-bond donors (Lipinski definition) is 1. The molecule has 3 heterocycles. The third kappa shape index (κ3) is 1.87. The Morgan fingerprint density at radius 3 is 3.00 bits per heavy atom. The maximum Gasteiger partial charge on any atom is 0.267 e. The lowest BCUT2D eigenvalue weighted by Crippen LogP contribution is -2.20. The average Bonchev–Trinajstić information content (AvgIpc) is 3.09. The van der Waals surface area contributed by atoms with Gasteiger partial charge in [-0.2, -0.15) is 8.75 Å². The van der Waals surface area contributed by atoms with Crippen LogP contribution in [0.2, 0.25) is 5.02 Å². The van der Waals surface area contributed by atoms with Gasteiger partial charge in [0.25, 0.3) is 5.56 Å². The molecule has 3 aromatic heterocycles. The fourth-order valence-electron chi connectivity index (χ4n) is 2.17. The first-order valence-electron chi connectivity index (χ1n) is 5.80. The van der Waals surface area contributed by atoms with Crippen molar-refractivity contribution in [3.05, 3.63) is 43.7 Å². The Balaban J connectivity index is 2.24. The van der Waals surface area contributed by atoms with Crippen molar-refractivity contribution in [3.63, 3.8) is 0 Å². The molecule has 21 heavy (non-hydrogen) atoms. The molecule has 0 aliphatic carbocycles. The molecule has 0 saturated carbocycles. The number of benzene rings is 1. The van der Waals surface area contributed by atoms with E-state index in [2.05, 4.69) is 13.7 Å². The predicted molar refractivity (Wildman–Crippen MR) is 88.6 cm³/mol. The van der Waals surface area contributed by atoms with Gasteiger partial charge in [0, 0.05) is 0 Å². The van der Waals surface area contributed by atoms with E-state index in [4.69, 9.17) is 23.8 Å². The third-order valence-corrected chi connectivity index (χ3v) is 5.06. The third-order valence-electron chi connectivity index (χ3n) is 3.10. The van der Waals surface area contributed by atoms with E-state index >= 15 is 0 Å². The van der Waals surface area contributed by atoms with Gasteiger partial charge in [0.15, 0.2) is 4.77 Å². The molecule has 0 amide bonds. The zero-order valence-electron chi connectivity index (χ0n) is 10.2. The number of nitrogens with one attached hydrogen (secondary N) is 1.